The number of carbonyl (C=O) groups is 1. The van der Waals surface area contributed by atoms with Gasteiger partial charge in [-0.2, -0.15) is 0 Å². The maximum absolute atomic E-state index is 12.1. The number of aromatic nitrogens is 1. The van der Waals surface area contributed by atoms with Crippen LogP contribution >= 0.6 is 22.7 Å². The number of nitrogens with two attached hydrogens (primary N) is 1. The summed E-state index contributed by atoms with van der Waals surface area (Å²) in [6.07, 6.45) is 0. The van der Waals surface area contributed by atoms with E-state index in [4.69, 9.17) is 5.73 Å². The molecule has 0 spiro atoms. The monoisotopic (exact) mass is 281 g/mol. The van der Waals surface area contributed by atoms with Crippen molar-refractivity contribution in [1.29, 1.82) is 0 Å². The van der Waals surface area contributed by atoms with Gasteiger partial charge >= 0.3 is 0 Å². The van der Waals surface area contributed by atoms with Crippen LogP contribution in [-0.2, 0) is 0 Å². The van der Waals surface area contributed by atoms with E-state index >= 15 is 0 Å². The third kappa shape index (κ3) is 2.70. The van der Waals surface area contributed by atoms with Crippen LogP contribution in [0.5, 0.6) is 0 Å². The molecule has 2 aromatic rings. The molecule has 6 heteroatoms. The number of amides is 1. The predicted molar refractivity (Wildman–Crippen MR) is 76.2 cm³/mol. The smallest absolute Gasteiger partial charge is 0.263 e. The summed E-state index contributed by atoms with van der Waals surface area (Å²) >= 11 is 2.91. The van der Waals surface area contributed by atoms with Crippen LogP contribution < -0.4 is 11.1 Å². The second kappa shape index (κ2) is 5.07. The molecule has 4 nitrogen and oxygen atoms in total. The average molecular weight is 281 g/mol. The van der Waals surface area contributed by atoms with Crippen molar-refractivity contribution < 1.29 is 4.79 Å². The molecule has 0 aromatic carbocycles. The molecule has 0 aliphatic carbocycles. The molecule has 2 rings (SSSR count). The van der Waals surface area contributed by atoms with E-state index in [0.717, 1.165) is 4.88 Å². The van der Waals surface area contributed by atoms with E-state index in [9.17, 15) is 4.79 Å². The zero-order chi connectivity index (χ0) is 13.3. The number of hydrogen-bond donors (Lipinski definition) is 2. The number of thiazole rings is 1. The highest BCUT2D eigenvalue weighted by molar-refractivity contribution is 7.17. The second-order valence-corrected chi connectivity index (χ2v) is 6.46. The zero-order valence-corrected chi connectivity index (χ0v) is 12.1. The molecule has 0 radical (unpaired) electrons. The molecule has 2 aromatic heterocycles. The van der Waals surface area contributed by atoms with E-state index in [1.54, 1.807) is 18.3 Å². The summed E-state index contributed by atoms with van der Waals surface area (Å²) in [7, 11) is 0. The third-order valence-electron chi connectivity index (χ3n) is 2.55. The standard InChI is InChI=1S/C12H15N3OS2/c1-6-4-5-9(17-6)7(2)14-11(16)10-8(3)15-12(13)18-10/h4-5,7H,1-3H3,(H2,13,15)(H,14,16). The van der Waals surface area contributed by atoms with Gasteiger partial charge in [0.05, 0.1) is 11.7 Å². The van der Waals surface area contributed by atoms with E-state index in [-0.39, 0.29) is 11.9 Å². The van der Waals surface area contributed by atoms with Crippen LogP contribution in [0.15, 0.2) is 12.1 Å². The number of hydrogen-bond acceptors (Lipinski definition) is 5. The molecule has 2 heterocycles. The first-order chi connectivity index (χ1) is 8.47. The molecule has 1 atom stereocenters. The lowest BCUT2D eigenvalue weighted by Crippen LogP contribution is -2.25. The van der Waals surface area contributed by atoms with E-state index in [1.165, 1.54) is 16.2 Å². The predicted octanol–water partition coefficient (Wildman–Crippen LogP) is 2.89. The molecule has 1 unspecified atom stereocenters. The molecule has 1 amide bonds. The maximum Gasteiger partial charge on any atom is 0.263 e. The lowest BCUT2D eigenvalue weighted by atomic mass is 10.2. The SMILES string of the molecule is Cc1ccc(C(C)NC(=O)c2sc(N)nc2C)s1. The average Bonchev–Trinajstić information content (AvgIpc) is 2.84. The van der Waals surface area contributed by atoms with Gasteiger partial charge in [0.1, 0.15) is 4.88 Å². The second-order valence-electron chi connectivity index (χ2n) is 4.11. The summed E-state index contributed by atoms with van der Waals surface area (Å²) < 4.78 is 0. The number of thiophene rings is 1. The van der Waals surface area contributed by atoms with E-state index in [2.05, 4.69) is 23.3 Å². The van der Waals surface area contributed by atoms with Crippen LogP contribution in [0.1, 0.15) is 38.1 Å². The van der Waals surface area contributed by atoms with Crippen LogP contribution in [0, 0.1) is 13.8 Å². The highest BCUT2D eigenvalue weighted by Crippen LogP contribution is 2.24. The van der Waals surface area contributed by atoms with Gasteiger partial charge in [0.25, 0.3) is 5.91 Å². The molecule has 0 saturated heterocycles. The van der Waals surface area contributed by atoms with Crippen molar-refractivity contribution >= 4 is 33.7 Å². The molecular formula is C12H15N3OS2. The van der Waals surface area contributed by atoms with Crippen molar-refractivity contribution in [3.63, 3.8) is 0 Å². The first kappa shape index (κ1) is 13.0. The third-order valence-corrected chi connectivity index (χ3v) is 4.72. The molecule has 3 N–H and O–H groups in total. The van der Waals surface area contributed by atoms with Crippen molar-refractivity contribution in [2.45, 2.75) is 26.8 Å². The first-order valence-corrected chi connectivity index (χ1v) is 7.20. The highest BCUT2D eigenvalue weighted by Gasteiger charge is 2.17. The van der Waals surface area contributed by atoms with Crippen LogP contribution in [0.4, 0.5) is 5.13 Å². The van der Waals surface area contributed by atoms with Gasteiger partial charge in [0, 0.05) is 9.75 Å². The Balaban J connectivity index is 2.10. The lowest BCUT2D eigenvalue weighted by Gasteiger charge is -2.11. The minimum absolute atomic E-state index is 0.000996. The van der Waals surface area contributed by atoms with Crippen molar-refractivity contribution in [3.8, 4) is 0 Å². The normalized spacial score (nSPS) is 12.4. The number of aryl methyl sites for hydroxylation is 2. The Bertz CT molecular complexity index is 574. The van der Waals surface area contributed by atoms with Gasteiger partial charge in [-0.05, 0) is 32.9 Å². The maximum atomic E-state index is 12.1. The number of nitrogens with one attached hydrogen (secondary N) is 1. The van der Waals surface area contributed by atoms with Crippen LogP contribution in [0.2, 0.25) is 0 Å². The molecular weight excluding hydrogens is 266 g/mol. The van der Waals surface area contributed by atoms with Crippen LogP contribution in [-0.4, -0.2) is 10.9 Å². The van der Waals surface area contributed by atoms with Gasteiger partial charge in [0.2, 0.25) is 0 Å². The van der Waals surface area contributed by atoms with Crippen molar-refractivity contribution in [3.05, 3.63) is 32.5 Å². The fourth-order valence-corrected chi connectivity index (χ4v) is 3.26. The molecule has 0 aliphatic rings. The molecule has 18 heavy (non-hydrogen) atoms. The minimum Gasteiger partial charge on any atom is -0.375 e. The topological polar surface area (TPSA) is 68.0 Å². The van der Waals surface area contributed by atoms with E-state index < -0.39 is 0 Å². The van der Waals surface area contributed by atoms with Crippen molar-refractivity contribution in [2.75, 3.05) is 5.73 Å². The number of nitrogen functional groups attached to an aromatic ring is 1. The minimum atomic E-state index is -0.111. The molecule has 0 fully saturated rings. The van der Waals surface area contributed by atoms with Gasteiger partial charge < -0.3 is 11.1 Å². The quantitative estimate of drug-likeness (QED) is 0.909. The first-order valence-electron chi connectivity index (χ1n) is 5.57. The van der Waals surface area contributed by atoms with Gasteiger partial charge in [-0.15, -0.1) is 11.3 Å². The van der Waals surface area contributed by atoms with Gasteiger partial charge in [0.15, 0.2) is 5.13 Å². The number of nitrogens with zero attached hydrogens (tertiary/aromatic N) is 1. The Kier molecular flexibility index (Phi) is 3.68. The largest absolute Gasteiger partial charge is 0.375 e. The molecule has 0 aliphatic heterocycles. The highest BCUT2D eigenvalue weighted by atomic mass is 32.1. The summed E-state index contributed by atoms with van der Waals surface area (Å²) in [5, 5.41) is 3.39. The van der Waals surface area contributed by atoms with E-state index in [1.807, 2.05) is 13.0 Å². The van der Waals surface area contributed by atoms with Gasteiger partial charge in [-0.3, -0.25) is 4.79 Å². The van der Waals surface area contributed by atoms with Gasteiger partial charge in [-0.25, -0.2) is 4.98 Å². The summed E-state index contributed by atoms with van der Waals surface area (Å²) in [6.45, 7) is 5.82. The van der Waals surface area contributed by atoms with Crippen molar-refractivity contribution in [1.82, 2.24) is 10.3 Å². The summed E-state index contributed by atoms with van der Waals surface area (Å²) in [4.78, 5) is 19.1. The summed E-state index contributed by atoms with van der Waals surface area (Å²) in [5.74, 6) is -0.111. The zero-order valence-electron chi connectivity index (χ0n) is 10.5. The fraction of sp³-hybridized carbons (Fsp3) is 0.333. The Hall–Kier alpha value is -1.40. The summed E-state index contributed by atoms with van der Waals surface area (Å²) in [6, 6.07) is 4.09. The number of rotatable bonds is 3. The fourth-order valence-electron chi connectivity index (χ4n) is 1.65. The van der Waals surface area contributed by atoms with Crippen LogP contribution in [0.25, 0.3) is 0 Å². The molecule has 0 saturated carbocycles. The number of carbonyl (C=O) groups excluding carboxylic acids is 1. The Morgan fingerprint density at radius 1 is 1.39 bits per heavy atom. The Labute approximate surface area is 114 Å². The van der Waals surface area contributed by atoms with Crippen molar-refractivity contribution in [2.24, 2.45) is 0 Å². The van der Waals surface area contributed by atoms with Crippen LogP contribution in [0.3, 0.4) is 0 Å². The van der Waals surface area contributed by atoms with Gasteiger partial charge in [-0.1, -0.05) is 11.3 Å². The van der Waals surface area contributed by atoms with E-state index in [0.29, 0.717) is 15.7 Å². The molecule has 0 bridgehead atoms. The Morgan fingerprint density at radius 3 is 2.61 bits per heavy atom. The summed E-state index contributed by atoms with van der Waals surface area (Å²) in [5.41, 5.74) is 6.28. The molecule has 96 valence electrons. The Morgan fingerprint density at radius 2 is 2.11 bits per heavy atom. The number of anilines is 1. The lowest BCUT2D eigenvalue weighted by molar-refractivity contribution is 0.0944.